The van der Waals surface area contributed by atoms with Gasteiger partial charge in [0, 0.05) is 6.20 Å². The van der Waals surface area contributed by atoms with Gasteiger partial charge in [-0.2, -0.15) is 5.10 Å². The molecule has 1 aromatic carbocycles. The number of amides is 1. The molecule has 1 aromatic heterocycles. The average Bonchev–Trinajstić information content (AvgIpc) is 2.53. The second-order valence-electron chi connectivity index (χ2n) is 4.77. The van der Waals surface area contributed by atoms with E-state index in [1.807, 2.05) is 0 Å². The third kappa shape index (κ3) is 4.85. The molecule has 0 aliphatic carbocycles. The maximum atomic E-state index is 13.8. The number of aromatic nitrogens is 1. The van der Waals surface area contributed by atoms with E-state index >= 15 is 0 Å². The lowest BCUT2D eigenvalue weighted by Crippen LogP contribution is -2.39. The van der Waals surface area contributed by atoms with Gasteiger partial charge in [-0.25, -0.2) is 18.2 Å². The second-order valence-corrected chi connectivity index (χ2v) is 6.68. The van der Waals surface area contributed by atoms with Crippen LogP contribution >= 0.6 is 0 Å². The Bertz CT molecular complexity index is 841. The van der Waals surface area contributed by atoms with E-state index in [1.54, 1.807) is 24.4 Å². The summed E-state index contributed by atoms with van der Waals surface area (Å²) < 4.78 is 38.2. The Labute approximate surface area is 138 Å². The van der Waals surface area contributed by atoms with Gasteiger partial charge in [0.05, 0.1) is 23.9 Å². The zero-order valence-electron chi connectivity index (χ0n) is 12.8. The second kappa shape index (κ2) is 7.64. The quantitative estimate of drug-likeness (QED) is 0.625. The largest absolute Gasteiger partial charge is 0.271 e. The van der Waals surface area contributed by atoms with Crippen molar-refractivity contribution in [1.82, 2.24) is 10.4 Å². The monoisotopic (exact) mass is 350 g/mol. The number of hydrogen-bond donors (Lipinski definition) is 1. The van der Waals surface area contributed by atoms with Gasteiger partial charge in [0.2, 0.25) is 10.0 Å². The summed E-state index contributed by atoms with van der Waals surface area (Å²) in [4.78, 5) is 15.9. The van der Waals surface area contributed by atoms with Gasteiger partial charge in [0.15, 0.2) is 0 Å². The Kier molecular flexibility index (Phi) is 5.59. The van der Waals surface area contributed by atoms with Crippen molar-refractivity contribution in [2.24, 2.45) is 5.10 Å². The van der Waals surface area contributed by atoms with Gasteiger partial charge in [0.25, 0.3) is 5.91 Å². The average molecular weight is 350 g/mol. The molecule has 7 nitrogen and oxygen atoms in total. The number of para-hydroxylation sites is 1. The number of nitrogens with one attached hydrogen (secondary N) is 1. The minimum atomic E-state index is -3.84. The van der Waals surface area contributed by atoms with Gasteiger partial charge in [-0.05, 0) is 24.3 Å². The summed E-state index contributed by atoms with van der Waals surface area (Å²) in [5, 5.41) is 3.69. The van der Waals surface area contributed by atoms with Crippen molar-refractivity contribution in [2.75, 3.05) is 17.1 Å². The summed E-state index contributed by atoms with van der Waals surface area (Å²) in [5.41, 5.74) is 2.50. The number of hydrogen-bond acceptors (Lipinski definition) is 5. The lowest BCUT2D eigenvalue weighted by atomic mass is 10.3. The third-order valence-corrected chi connectivity index (χ3v) is 4.01. The number of nitrogens with zero attached hydrogens (tertiary/aromatic N) is 3. The van der Waals surface area contributed by atoms with Crippen LogP contribution in [0.25, 0.3) is 0 Å². The van der Waals surface area contributed by atoms with Crippen molar-refractivity contribution in [3.05, 3.63) is 60.2 Å². The van der Waals surface area contributed by atoms with Crippen LogP contribution in [0.3, 0.4) is 0 Å². The number of carbonyl (C=O) groups excluding carboxylic acids is 1. The van der Waals surface area contributed by atoms with Gasteiger partial charge >= 0.3 is 0 Å². The molecule has 126 valence electrons. The molecule has 1 N–H and O–H groups in total. The number of halogens is 1. The van der Waals surface area contributed by atoms with E-state index < -0.39 is 28.3 Å². The van der Waals surface area contributed by atoms with E-state index in [-0.39, 0.29) is 5.69 Å². The highest BCUT2D eigenvalue weighted by Crippen LogP contribution is 2.20. The van der Waals surface area contributed by atoms with Crippen LogP contribution < -0.4 is 9.73 Å². The van der Waals surface area contributed by atoms with Crippen LogP contribution in [-0.2, 0) is 14.8 Å². The van der Waals surface area contributed by atoms with E-state index in [2.05, 4.69) is 15.5 Å². The van der Waals surface area contributed by atoms with Crippen molar-refractivity contribution < 1.29 is 17.6 Å². The SMILES string of the molecule is CS(=O)(=O)N(CC(=O)N/N=C\c1ccccn1)c1ccccc1F. The standard InChI is InChI=1S/C15H15FN4O3S/c1-24(22,23)20(14-8-3-2-7-13(14)16)11-15(21)19-18-10-12-6-4-5-9-17-12/h2-10H,11H2,1H3,(H,19,21)/b18-10-. The van der Waals surface area contributed by atoms with Crippen LogP contribution in [0.2, 0.25) is 0 Å². The molecule has 0 aliphatic heterocycles. The fourth-order valence-corrected chi connectivity index (χ4v) is 2.68. The number of hydrazone groups is 1. The zero-order chi connectivity index (χ0) is 17.6. The molecular weight excluding hydrogens is 335 g/mol. The van der Waals surface area contributed by atoms with Crippen molar-refractivity contribution in [1.29, 1.82) is 0 Å². The lowest BCUT2D eigenvalue weighted by molar-refractivity contribution is -0.119. The molecule has 1 amide bonds. The predicted molar refractivity (Wildman–Crippen MR) is 88.6 cm³/mol. The minimum Gasteiger partial charge on any atom is -0.271 e. The molecule has 9 heteroatoms. The third-order valence-electron chi connectivity index (χ3n) is 2.88. The van der Waals surface area contributed by atoms with Crippen molar-refractivity contribution in [3.8, 4) is 0 Å². The molecule has 0 saturated heterocycles. The zero-order valence-corrected chi connectivity index (χ0v) is 13.6. The molecule has 0 fully saturated rings. The Hall–Kier alpha value is -2.81. The first-order valence-electron chi connectivity index (χ1n) is 6.83. The molecule has 1 heterocycles. The number of rotatable bonds is 6. The normalized spacial score (nSPS) is 11.4. The van der Waals surface area contributed by atoms with Gasteiger partial charge in [-0.3, -0.25) is 14.1 Å². The molecule has 0 bridgehead atoms. The molecule has 0 atom stereocenters. The first-order chi connectivity index (χ1) is 11.4. The van der Waals surface area contributed by atoms with Crippen molar-refractivity contribution in [3.63, 3.8) is 0 Å². The molecular formula is C15H15FN4O3S. The van der Waals surface area contributed by atoms with E-state index in [4.69, 9.17) is 0 Å². The van der Waals surface area contributed by atoms with Gasteiger partial charge in [-0.1, -0.05) is 18.2 Å². The summed E-state index contributed by atoms with van der Waals surface area (Å²) in [6.45, 7) is -0.598. The maximum Gasteiger partial charge on any atom is 0.260 e. The molecule has 2 rings (SSSR count). The van der Waals surface area contributed by atoms with Crippen LogP contribution in [0, 0.1) is 5.82 Å². The summed E-state index contributed by atoms with van der Waals surface area (Å²) in [6, 6.07) is 10.5. The van der Waals surface area contributed by atoms with Crippen LogP contribution in [0.1, 0.15) is 5.69 Å². The Morgan fingerprint density at radius 2 is 2.00 bits per heavy atom. The fraction of sp³-hybridized carbons (Fsp3) is 0.133. The molecule has 0 radical (unpaired) electrons. The smallest absolute Gasteiger partial charge is 0.260 e. The molecule has 0 unspecified atom stereocenters. The van der Waals surface area contributed by atoms with E-state index in [9.17, 15) is 17.6 Å². The Morgan fingerprint density at radius 1 is 1.29 bits per heavy atom. The number of benzene rings is 1. The van der Waals surface area contributed by atoms with Gasteiger partial charge in [-0.15, -0.1) is 0 Å². The molecule has 0 spiro atoms. The van der Waals surface area contributed by atoms with Gasteiger partial charge < -0.3 is 0 Å². The molecule has 24 heavy (non-hydrogen) atoms. The highest BCUT2D eigenvalue weighted by atomic mass is 32.2. The highest BCUT2D eigenvalue weighted by molar-refractivity contribution is 7.92. The van der Waals surface area contributed by atoms with Crippen molar-refractivity contribution in [2.45, 2.75) is 0 Å². The van der Waals surface area contributed by atoms with E-state index in [0.717, 1.165) is 12.3 Å². The minimum absolute atomic E-state index is 0.205. The first kappa shape index (κ1) is 17.5. The Morgan fingerprint density at radius 3 is 2.62 bits per heavy atom. The summed E-state index contributed by atoms with van der Waals surface area (Å²) in [7, 11) is -3.84. The van der Waals surface area contributed by atoms with Crippen LogP contribution in [0.5, 0.6) is 0 Å². The summed E-state index contributed by atoms with van der Waals surface area (Å²) in [5.74, 6) is -1.46. The predicted octanol–water partition coefficient (Wildman–Crippen LogP) is 1.14. The summed E-state index contributed by atoms with van der Waals surface area (Å²) in [6.07, 6.45) is 3.77. The van der Waals surface area contributed by atoms with Crippen LogP contribution in [0.4, 0.5) is 10.1 Å². The first-order valence-corrected chi connectivity index (χ1v) is 8.68. The Balaban J connectivity index is 2.09. The van der Waals surface area contributed by atoms with E-state index in [0.29, 0.717) is 10.00 Å². The number of anilines is 1. The van der Waals surface area contributed by atoms with E-state index in [1.165, 1.54) is 24.4 Å². The molecule has 0 aliphatic rings. The lowest BCUT2D eigenvalue weighted by Gasteiger charge is -2.21. The molecule has 0 saturated carbocycles. The number of sulfonamides is 1. The van der Waals surface area contributed by atoms with Crippen molar-refractivity contribution >= 4 is 27.8 Å². The van der Waals surface area contributed by atoms with Crippen LogP contribution in [-0.4, -0.2) is 38.3 Å². The highest BCUT2D eigenvalue weighted by Gasteiger charge is 2.23. The van der Waals surface area contributed by atoms with Gasteiger partial charge in [0.1, 0.15) is 12.4 Å². The number of pyridine rings is 1. The summed E-state index contributed by atoms with van der Waals surface area (Å²) >= 11 is 0. The fourth-order valence-electron chi connectivity index (χ4n) is 1.82. The number of carbonyl (C=O) groups is 1. The van der Waals surface area contributed by atoms with Crippen LogP contribution in [0.15, 0.2) is 53.8 Å². The maximum absolute atomic E-state index is 13.8. The molecule has 2 aromatic rings. The topological polar surface area (TPSA) is 91.7 Å².